The van der Waals surface area contributed by atoms with E-state index < -0.39 is 0 Å². The second kappa shape index (κ2) is 4.46. The summed E-state index contributed by atoms with van der Waals surface area (Å²) in [6.07, 6.45) is 0.862. The van der Waals surface area contributed by atoms with Gasteiger partial charge < -0.3 is 15.1 Å². The van der Waals surface area contributed by atoms with Crippen LogP contribution >= 0.6 is 0 Å². The van der Waals surface area contributed by atoms with Crippen LogP contribution in [-0.4, -0.2) is 17.4 Å². The summed E-state index contributed by atoms with van der Waals surface area (Å²) in [5.41, 5.74) is 8.93. The smallest absolute Gasteiger partial charge is 0.289 e. The van der Waals surface area contributed by atoms with Crippen LogP contribution in [0, 0.1) is 6.92 Å². The summed E-state index contributed by atoms with van der Waals surface area (Å²) in [5.74, 6) is 1.11. The van der Waals surface area contributed by atoms with E-state index in [0.29, 0.717) is 12.3 Å². The number of furan rings is 1. The van der Waals surface area contributed by atoms with E-state index >= 15 is 0 Å². The Balaban J connectivity index is 1.83. The van der Waals surface area contributed by atoms with Gasteiger partial charge in [-0.15, -0.1) is 0 Å². The minimum atomic E-state index is -0.0545. The lowest BCUT2D eigenvalue weighted by Gasteiger charge is -2.28. The number of anilines is 1. The first-order valence-electron chi connectivity index (χ1n) is 6.36. The monoisotopic (exact) mass is 256 g/mol. The summed E-state index contributed by atoms with van der Waals surface area (Å²) in [7, 11) is 0. The molecule has 98 valence electrons. The molecule has 1 aliphatic rings. The normalized spacial score (nSPS) is 14.3. The summed E-state index contributed by atoms with van der Waals surface area (Å²) in [6.45, 7) is 3.15. The SMILES string of the molecule is Cc1ccc(C(=O)N2CCc3ccc(N)cc3C2)o1. The number of carbonyl (C=O) groups is 1. The minimum Gasteiger partial charge on any atom is -0.456 e. The fourth-order valence-electron chi connectivity index (χ4n) is 2.46. The summed E-state index contributed by atoms with van der Waals surface area (Å²) >= 11 is 0. The van der Waals surface area contributed by atoms with Gasteiger partial charge in [0.05, 0.1) is 0 Å². The van der Waals surface area contributed by atoms with E-state index in [1.165, 1.54) is 5.56 Å². The highest BCUT2D eigenvalue weighted by atomic mass is 16.3. The molecule has 0 radical (unpaired) electrons. The van der Waals surface area contributed by atoms with Crippen molar-refractivity contribution in [3.05, 3.63) is 53.0 Å². The topological polar surface area (TPSA) is 59.5 Å². The van der Waals surface area contributed by atoms with Gasteiger partial charge in [0.15, 0.2) is 5.76 Å². The van der Waals surface area contributed by atoms with E-state index in [4.69, 9.17) is 10.2 Å². The van der Waals surface area contributed by atoms with Crippen LogP contribution in [0.25, 0.3) is 0 Å². The standard InChI is InChI=1S/C15H16N2O2/c1-10-2-5-14(19-10)15(18)17-7-6-11-3-4-13(16)8-12(11)9-17/h2-5,8H,6-7,9,16H2,1H3. The maximum atomic E-state index is 12.3. The fourth-order valence-corrected chi connectivity index (χ4v) is 2.46. The average molecular weight is 256 g/mol. The third kappa shape index (κ3) is 2.21. The van der Waals surface area contributed by atoms with Gasteiger partial charge in [-0.3, -0.25) is 4.79 Å². The van der Waals surface area contributed by atoms with E-state index in [1.807, 2.05) is 31.2 Å². The number of rotatable bonds is 1. The number of benzene rings is 1. The molecule has 2 aromatic rings. The third-order valence-electron chi connectivity index (χ3n) is 3.48. The average Bonchev–Trinajstić information content (AvgIpc) is 2.83. The second-order valence-electron chi connectivity index (χ2n) is 4.92. The number of nitrogens with two attached hydrogens (primary N) is 1. The zero-order valence-electron chi connectivity index (χ0n) is 10.8. The molecule has 2 heterocycles. The van der Waals surface area contributed by atoms with E-state index in [2.05, 4.69) is 0 Å². The number of amides is 1. The van der Waals surface area contributed by atoms with Gasteiger partial charge in [0.25, 0.3) is 5.91 Å². The van der Waals surface area contributed by atoms with Crippen LogP contribution in [0.15, 0.2) is 34.7 Å². The molecule has 1 aromatic heterocycles. The van der Waals surface area contributed by atoms with Crippen molar-refractivity contribution in [3.8, 4) is 0 Å². The molecule has 0 spiro atoms. The Kier molecular flexibility index (Phi) is 2.78. The highest BCUT2D eigenvalue weighted by Crippen LogP contribution is 2.23. The molecule has 4 heteroatoms. The zero-order valence-corrected chi connectivity index (χ0v) is 10.8. The van der Waals surface area contributed by atoms with E-state index in [0.717, 1.165) is 30.0 Å². The predicted octanol–water partition coefficient (Wildman–Crippen LogP) is 2.37. The molecule has 0 fully saturated rings. The van der Waals surface area contributed by atoms with E-state index in [-0.39, 0.29) is 5.91 Å². The highest BCUT2D eigenvalue weighted by Gasteiger charge is 2.23. The van der Waals surface area contributed by atoms with Crippen molar-refractivity contribution in [2.24, 2.45) is 0 Å². The molecular weight excluding hydrogens is 240 g/mol. The molecular formula is C15H16N2O2. The number of aryl methyl sites for hydroxylation is 1. The van der Waals surface area contributed by atoms with Gasteiger partial charge >= 0.3 is 0 Å². The quantitative estimate of drug-likeness (QED) is 0.797. The third-order valence-corrected chi connectivity index (χ3v) is 3.48. The molecule has 4 nitrogen and oxygen atoms in total. The fraction of sp³-hybridized carbons (Fsp3) is 0.267. The van der Waals surface area contributed by atoms with Gasteiger partial charge in [0.1, 0.15) is 5.76 Å². The Morgan fingerprint density at radius 3 is 2.84 bits per heavy atom. The Morgan fingerprint density at radius 2 is 2.11 bits per heavy atom. The molecule has 1 aromatic carbocycles. The first-order valence-corrected chi connectivity index (χ1v) is 6.36. The van der Waals surface area contributed by atoms with Crippen molar-refractivity contribution in [2.45, 2.75) is 19.9 Å². The number of nitrogen functional groups attached to an aromatic ring is 1. The first-order chi connectivity index (χ1) is 9.13. The molecule has 19 heavy (non-hydrogen) atoms. The summed E-state index contributed by atoms with van der Waals surface area (Å²) in [6, 6.07) is 9.44. The molecule has 3 rings (SSSR count). The molecule has 1 aliphatic heterocycles. The van der Waals surface area contributed by atoms with Crippen LogP contribution in [-0.2, 0) is 13.0 Å². The maximum absolute atomic E-state index is 12.3. The zero-order chi connectivity index (χ0) is 13.4. The van der Waals surface area contributed by atoms with Gasteiger partial charge in [0, 0.05) is 18.8 Å². The predicted molar refractivity (Wildman–Crippen MR) is 72.7 cm³/mol. The number of nitrogens with zero attached hydrogens (tertiary/aromatic N) is 1. The number of carbonyl (C=O) groups excluding carboxylic acids is 1. The van der Waals surface area contributed by atoms with Crippen LogP contribution < -0.4 is 5.73 Å². The number of hydrogen-bond acceptors (Lipinski definition) is 3. The molecule has 0 unspecified atom stereocenters. The largest absolute Gasteiger partial charge is 0.456 e. The van der Waals surface area contributed by atoms with Crippen LogP contribution in [0.5, 0.6) is 0 Å². The Bertz CT molecular complexity index is 631. The molecule has 0 saturated carbocycles. The van der Waals surface area contributed by atoms with Crippen LogP contribution in [0.1, 0.15) is 27.4 Å². The van der Waals surface area contributed by atoms with Crippen LogP contribution in [0.4, 0.5) is 5.69 Å². The van der Waals surface area contributed by atoms with Gasteiger partial charge in [-0.05, 0) is 48.7 Å². The Hall–Kier alpha value is -2.23. The van der Waals surface area contributed by atoms with Gasteiger partial charge in [-0.2, -0.15) is 0 Å². The van der Waals surface area contributed by atoms with Crippen molar-refractivity contribution in [2.75, 3.05) is 12.3 Å². The lowest BCUT2D eigenvalue weighted by Crippen LogP contribution is -2.35. The van der Waals surface area contributed by atoms with Crippen molar-refractivity contribution in [3.63, 3.8) is 0 Å². The maximum Gasteiger partial charge on any atom is 0.289 e. The molecule has 0 saturated heterocycles. The van der Waals surface area contributed by atoms with E-state index in [9.17, 15) is 4.79 Å². The number of hydrogen-bond donors (Lipinski definition) is 1. The van der Waals surface area contributed by atoms with Crippen molar-refractivity contribution in [1.82, 2.24) is 4.90 Å². The van der Waals surface area contributed by atoms with Crippen LogP contribution in [0.3, 0.4) is 0 Å². The number of fused-ring (bicyclic) bond motifs is 1. The summed E-state index contributed by atoms with van der Waals surface area (Å²) < 4.78 is 5.39. The second-order valence-corrected chi connectivity index (χ2v) is 4.92. The Labute approximate surface area is 111 Å². The minimum absolute atomic E-state index is 0.0545. The Morgan fingerprint density at radius 1 is 1.26 bits per heavy atom. The lowest BCUT2D eigenvalue weighted by atomic mass is 9.99. The van der Waals surface area contributed by atoms with Crippen molar-refractivity contribution < 1.29 is 9.21 Å². The molecule has 0 bridgehead atoms. The van der Waals surface area contributed by atoms with Crippen LogP contribution in [0.2, 0.25) is 0 Å². The molecule has 2 N–H and O–H groups in total. The van der Waals surface area contributed by atoms with Gasteiger partial charge in [0.2, 0.25) is 0 Å². The van der Waals surface area contributed by atoms with E-state index in [1.54, 1.807) is 11.0 Å². The highest BCUT2D eigenvalue weighted by molar-refractivity contribution is 5.91. The molecule has 1 amide bonds. The molecule has 0 atom stereocenters. The van der Waals surface area contributed by atoms with Crippen molar-refractivity contribution >= 4 is 11.6 Å². The lowest BCUT2D eigenvalue weighted by molar-refractivity contribution is 0.0701. The van der Waals surface area contributed by atoms with Crippen molar-refractivity contribution in [1.29, 1.82) is 0 Å². The van der Waals surface area contributed by atoms with Gasteiger partial charge in [-0.1, -0.05) is 6.07 Å². The summed E-state index contributed by atoms with van der Waals surface area (Å²) in [4.78, 5) is 14.1. The molecule has 0 aliphatic carbocycles. The van der Waals surface area contributed by atoms with Gasteiger partial charge in [-0.25, -0.2) is 0 Å². The first kappa shape index (κ1) is 11.8. The summed E-state index contributed by atoms with van der Waals surface area (Å²) in [5, 5.41) is 0.